The molecule has 0 bridgehead atoms. The first-order valence-corrected chi connectivity index (χ1v) is 9.46. The van der Waals surface area contributed by atoms with Crippen LogP contribution in [0.15, 0.2) is 54.7 Å². The number of aromatic nitrogens is 2. The number of amides is 1. The van der Waals surface area contributed by atoms with Crippen LogP contribution in [0.5, 0.6) is 11.5 Å². The van der Waals surface area contributed by atoms with Gasteiger partial charge in [0, 0.05) is 0 Å². The third-order valence-electron chi connectivity index (χ3n) is 4.78. The molecule has 3 aromatic rings. The molecule has 1 unspecified atom stereocenters. The molecular weight excluding hydrogens is 354 g/mol. The Morgan fingerprint density at radius 3 is 2.68 bits per heavy atom. The predicted octanol–water partition coefficient (Wildman–Crippen LogP) is 3.31. The van der Waals surface area contributed by atoms with Crippen LogP contribution in [0.4, 0.5) is 0 Å². The molecule has 1 aliphatic heterocycles. The van der Waals surface area contributed by atoms with Crippen molar-refractivity contribution in [3.63, 3.8) is 0 Å². The van der Waals surface area contributed by atoms with Crippen molar-refractivity contribution < 1.29 is 14.3 Å². The SMILES string of the molecule is CCc1c(C(=O)NCC2COc3ccccc3O2)cnn1-c1ccc(C)cc1. The van der Waals surface area contributed by atoms with Crippen LogP contribution in [0.25, 0.3) is 5.69 Å². The molecule has 1 amide bonds. The average molecular weight is 377 g/mol. The molecule has 28 heavy (non-hydrogen) atoms. The van der Waals surface area contributed by atoms with Crippen LogP contribution in [0.3, 0.4) is 0 Å². The molecule has 2 aromatic carbocycles. The van der Waals surface area contributed by atoms with Crippen LogP contribution >= 0.6 is 0 Å². The summed E-state index contributed by atoms with van der Waals surface area (Å²) < 4.78 is 13.4. The van der Waals surface area contributed by atoms with Crippen molar-refractivity contribution in [3.05, 3.63) is 71.5 Å². The number of carbonyl (C=O) groups excluding carboxylic acids is 1. The van der Waals surface area contributed by atoms with E-state index in [2.05, 4.69) is 10.4 Å². The van der Waals surface area contributed by atoms with Gasteiger partial charge in [-0.05, 0) is 37.6 Å². The molecule has 0 fully saturated rings. The normalized spacial score (nSPS) is 15.3. The number of nitrogens with zero attached hydrogens (tertiary/aromatic N) is 2. The lowest BCUT2D eigenvalue weighted by atomic mass is 10.1. The minimum atomic E-state index is -0.226. The van der Waals surface area contributed by atoms with Gasteiger partial charge in [0.1, 0.15) is 12.7 Å². The van der Waals surface area contributed by atoms with Crippen molar-refractivity contribution >= 4 is 5.91 Å². The Kier molecular flexibility index (Phi) is 5.02. The fraction of sp³-hybridized carbons (Fsp3) is 0.273. The highest BCUT2D eigenvalue weighted by Gasteiger charge is 2.23. The Labute approximate surface area is 164 Å². The number of ether oxygens (including phenoxy) is 2. The van der Waals surface area contributed by atoms with E-state index in [1.807, 2.05) is 67.1 Å². The molecule has 0 saturated carbocycles. The minimum absolute atomic E-state index is 0.155. The Bertz CT molecular complexity index is 979. The van der Waals surface area contributed by atoms with E-state index in [9.17, 15) is 4.79 Å². The second-order valence-corrected chi connectivity index (χ2v) is 6.81. The minimum Gasteiger partial charge on any atom is -0.486 e. The quantitative estimate of drug-likeness (QED) is 0.741. The van der Waals surface area contributed by atoms with Crippen molar-refractivity contribution in [1.82, 2.24) is 15.1 Å². The maximum Gasteiger partial charge on any atom is 0.254 e. The van der Waals surface area contributed by atoms with Gasteiger partial charge in [-0.1, -0.05) is 36.8 Å². The summed E-state index contributed by atoms with van der Waals surface area (Å²) in [4.78, 5) is 12.8. The number of benzene rings is 2. The molecule has 6 nitrogen and oxygen atoms in total. The monoisotopic (exact) mass is 377 g/mol. The molecule has 6 heteroatoms. The van der Waals surface area contributed by atoms with Crippen molar-refractivity contribution in [2.24, 2.45) is 0 Å². The highest BCUT2D eigenvalue weighted by Crippen LogP contribution is 2.30. The molecule has 0 radical (unpaired) electrons. The maximum atomic E-state index is 12.8. The van der Waals surface area contributed by atoms with E-state index in [1.165, 1.54) is 5.56 Å². The highest BCUT2D eigenvalue weighted by atomic mass is 16.6. The molecule has 1 N–H and O–H groups in total. The Hall–Kier alpha value is -3.28. The van der Waals surface area contributed by atoms with Gasteiger partial charge < -0.3 is 14.8 Å². The first-order chi connectivity index (χ1) is 13.7. The Morgan fingerprint density at radius 1 is 1.18 bits per heavy atom. The zero-order valence-corrected chi connectivity index (χ0v) is 16.0. The van der Waals surface area contributed by atoms with Crippen molar-refractivity contribution in [1.29, 1.82) is 0 Å². The van der Waals surface area contributed by atoms with Crippen LogP contribution in [0.1, 0.15) is 28.5 Å². The number of carbonyl (C=O) groups is 1. The predicted molar refractivity (Wildman–Crippen MR) is 106 cm³/mol. The summed E-state index contributed by atoms with van der Waals surface area (Å²) in [6.07, 6.45) is 2.10. The molecule has 1 atom stereocenters. The van der Waals surface area contributed by atoms with Crippen LogP contribution in [-0.2, 0) is 6.42 Å². The average Bonchev–Trinajstić information content (AvgIpc) is 3.16. The van der Waals surface area contributed by atoms with E-state index < -0.39 is 0 Å². The zero-order chi connectivity index (χ0) is 19.5. The molecule has 0 saturated heterocycles. The smallest absolute Gasteiger partial charge is 0.254 e. The number of fused-ring (bicyclic) bond motifs is 1. The van der Waals surface area contributed by atoms with Gasteiger partial charge in [-0.2, -0.15) is 5.10 Å². The van der Waals surface area contributed by atoms with Gasteiger partial charge in [0.05, 0.1) is 29.7 Å². The second kappa shape index (κ2) is 7.76. The summed E-state index contributed by atoms with van der Waals surface area (Å²) >= 11 is 0. The van der Waals surface area contributed by atoms with Crippen molar-refractivity contribution in [2.45, 2.75) is 26.4 Å². The first kappa shape index (κ1) is 18.1. The standard InChI is InChI=1S/C22H23N3O3/c1-3-19-18(13-24-25(19)16-10-8-15(2)9-11-16)22(26)23-12-17-14-27-20-6-4-5-7-21(20)28-17/h4-11,13,17H,3,12,14H2,1-2H3,(H,23,26). The third kappa shape index (κ3) is 3.58. The molecular formula is C22H23N3O3. The third-order valence-corrected chi connectivity index (χ3v) is 4.78. The number of aryl methyl sites for hydroxylation is 1. The lowest BCUT2D eigenvalue weighted by Gasteiger charge is -2.26. The summed E-state index contributed by atoms with van der Waals surface area (Å²) in [5.74, 6) is 1.28. The Morgan fingerprint density at radius 2 is 1.93 bits per heavy atom. The number of hydrogen-bond donors (Lipinski definition) is 1. The fourth-order valence-corrected chi connectivity index (χ4v) is 3.28. The van der Waals surface area contributed by atoms with Crippen molar-refractivity contribution in [2.75, 3.05) is 13.2 Å². The zero-order valence-electron chi connectivity index (χ0n) is 16.0. The van der Waals surface area contributed by atoms with Gasteiger partial charge in [0.2, 0.25) is 0 Å². The molecule has 0 aliphatic carbocycles. The summed E-state index contributed by atoms with van der Waals surface area (Å²) in [7, 11) is 0. The van der Waals surface area contributed by atoms with E-state index in [4.69, 9.17) is 9.47 Å². The topological polar surface area (TPSA) is 65.4 Å². The van der Waals surface area contributed by atoms with Crippen LogP contribution in [0, 0.1) is 6.92 Å². The van der Waals surface area contributed by atoms with Gasteiger partial charge in [-0.15, -0.1) is 0 Å². The summed E-state index contributed by atoms with van der Waals surface area (Å²) in [5.41, 5.74) is 3.60. The molecule has 4 rings (SSSR count). The largest absolute Gasteiger partial charge is 0.486 e. The van der Waals surface area contributed by atoms with E-state index in [0.717, 1.165) is 17.1 Å². The van der Waals surface area contributed by atoms with Gasteiger partial charge in [-0.25, -0.2) is 4.68 Å². The van der Waals surface area contributed by atoms with Gasteiger partial charge in [0.25, 0.3) is 5.91 Å². The summed E-state index contributed by atoms with van der Waals surface area (Å²) in [6, 6.07) is 15.6. The fourth-order valence-electron chi connectivity index (χ4n) is 3.28. The molecule has 2 heterocycles. The second-order valence-electron chi connectivity index (χ2n) is 6.81. The number of rotatable bonds is 5. The lowest BCUT2D eigenvalue weighted by Crippen LogP contribution is -2.40. The van der Waals surface area contributed by atoms with E-state index in [-0.39, 0.29) is 12.0 Å². The molecule has 1 aromatic heterocycles. The van der Waals surface area contributed by atoms with Gasteiger partial charge in [0.15, 0.2) is 11.5 Å². The van der Waals surface area contributed by atoms with Gasteiger partial charge >= 0.3 is 0 Å². The molecule has 144 valence electrons. The number of para-hydroxylation sites is 2. The van der Waals surface area contributed by atoms with E-state index in [0.29, 0.717) is 30.9 Å². The molecule has 0 spiro atoms. The Balaban J connectivity index is 1.45. The van der Waals surface area contributed by atoms with Crippen molar-refractivity contribution in [3.8, 4) is 17.2 Å². The van der Waals surface area contributed by atoms with E-state index in [1.54, 1.807) is 6.20 Å². The molecule has 1 aliphatic rings. The van der Waals surface area contributed by atoms with Crippen LogP contribution < -0.4 is 14.8 Å². The van der Waals surface area contributed by atoms with E-state index >= 15 is 0 Å². The number of hydrogen-bond acceptors (Lipinski definition) is 4. The lowest BCUT2D eigenvalue weighted by molar-refractivity contribution is 0.0788. The summed E-state index contributed by atoms with van der Waals surface area (Å²) in [5, 5.41) is 7.38. The summed E-state index contributed by atoms with van der Waals surface area (Å²) in [6.45, 7) is 4.84. The first-order valence-electron chi connectivity index (χ1n) is 9.46. The highest BCUT2D eigenvalue weighted by molar-refractivity contribution is 5.95. The van der Waals surface area contributed by atoms with Gasteiger partial charge in [-0.3, -0.25) is 4.79 Å². The van der Waals surface area contributed by atoms with Crippen LogP contribution in [-0.4, -0.2) is 34.9 Å². The van der Waals surface area contributed by atoms with Crippen LogP contribution in [0.2, 0.25) is 0 Å². The maximum absolute atomic E-state index is 12.8. The number of nitrogens with one attached hydrogen (secondary N) is 1.